The Morgan fingerprint density at radius 2 is 1.88 bits per heavy atom. The SMILES string of the molecule is N#CC1(c2cc(F)ccc2C(F)(F)F)CC1. The van der Waals surface area contributed by atoms with Gasteiger partial charge < -0.3 is 0 Å². The van der Waals surface area contributed by atoms with Crippen molar-refractivity contribution in [1.82, 2.24) is 0 Å². The largest absolute Gasteiger partial charge is 0.416 e. The summed E-state index contributed by atoms with van der Waals surface area (Å²) in [6.07, 6.45) is -3.83. The number of rotatable bonds is 1. The van der Waals surface area contributed by atoms with E-state index in [2.05, 4.69) is 0 Å². The van der Waals surface area contributed by atoms with Crippen molar-refractivity contribution in [2.24, 2.45) is 0 Å². The number of hydrogen-bond donors (Lipinski definition) is 0. The molecule has 1 aromatic carbocycles. The van der Waals surface area contributed by atoms with Gasteiger partial charge in [-0.2, -0.15) is 18.4 Å². The molecule has 1 aliphatic rings. The van der Waals surface area contributed by atoms with E-state index in [-0.39, 0.29) is 5.56 Å². The van der Waals surface area contributed by atoms with E-state index in [9.17, 15) is 17.6 Å². The van der Waals surface area contributed by atoms with Crippen LogP contribution in [-0.2, 0) is 11.6 Å². The van der Waals surface area contributed by atoms with Gasteiger partial charge in [0.15, 0.2) is 0 Å². The second kappa shape index (κ2) is 3.21. The number of halogens is 4. The van der Waals surface area contributed by atoms with Gasteiger partial charge in [0.1, 0.15) is 5.82 Å². The van der Waals surface area contributed by atoms with E-state index in [0.29, 0.717) is 18.9 Å². The topological polar surface area (TPSA) is 23.8 Å². The van der Waals surface area contributed by atoms with E-state index in [4.69, 9.17) is 5.26 Å². The van der Waals surface area contributed by atoms with E-state index in [1.165, 1.54) is 0 Å². The van der Waals surface area contributed by atoms with Crippen molar-refractivity contribution in [2.45, 2.75) is 24.4 Å². The predicted octanol–water partition coefficient (Wildman–Crippen LogP) is 3.40. The standard InChI is InChI=1S/C11H7F4N/c12-7-1-2-8(11(13,14)15)9(5-7)10(6-16)3-4-10/h1-2,5H,3-4H2. The van der Waals surface area contributed by atoms with Gasteiger partial charge in [0.25, 0.3) is 0 Å². The maximum atomic E-state index is 13.0. The minimum absolute atomic E-state index is 0.234. The van der Waals surface area contributed by atoms with Crippen LogP contribution in [0.15, 0.2) is 18.2 Å². The summed E-state index contributed by atoms with van der Waals surface area (Å²) in [4.78, 5) is 0. The Hall–Kier alpha value is -1.57. The fourth-order valence-electron chi connectivity index (χ4n) is 1.73. The second-order valence-electron chi connectivity index (χ2n) is 3.88. The van der Waals surface area contributed by atoms with Crippen molar-refractivity contribution in [3.8, 4) is 6.07 Å². The molecule has 1 saturated carbocycles. The minimum Gasteiger partial charge on any atom is -0.207 e. The highest BCUT2D eigenvalue weighted by Crippen LogP contribution is 2.51. The maximum absolute atomic E-state index is 13.0. The zero-order valence-corrected chi connectivity index (χ0v) is 8.11. The normalized spacial score (nSPS) is 17.9. The van der Waals surface area contributed by atoms with E-state index in [1.54, 1.807) is 0 Å². The van der Waals surface area contributed by atoms with Crippen LogP contribution in [0.1, 0.15) is 24.0 Å². The van der Waals surface area contributed by atoms with Crippen LogP contribution in [0.4, 0.5) is 17.6 Å². The number of nitriles is 1. The van der Waals surface area contributed by atoms with E-state index in [1.807, 2.05) is 6.07 Å². The quantitative estimate of drug-likeness (QED) is 0.677. The van der Waals surface area contributed by atoms with E-state index >= 15 is 0 Å². The highest BCUT2D eigenvalue weighted by molar-refractivity contribution is 5.45. The first kappa shape index (κ1) is 10.9. The number of nitrogens with zero attached hydrogens (tertiary/aromatic N) is 1. The molecule has 0 atom stereocenters. The monoisotopic (exact) mass is 229 g/mol. The average Bonchev–Trinajstić information content (AvgIpc) is 2.96. The first-order valence-electron chi connectivity index (χ1n) is 4.67. The van der Waals surface area contributed by atoms with Crippen LogP contribution in [0.5, 0.6) is 0 Å². The first-order valence-corrected chi connectivity index (χ1v) is 4.67. The van der Waals surface area contributed by atoms with Gasteiger partial charge in [0, 0.05) is 0 Å². The summed E-state index contributed by atoms with van der Waals surface area (Å²) in [5.74, 6) is -0.746. The molecule has 16 heavy (non-hydrogen) atoms. The van der Waals surface area contributed by atoms with Crippen LogP contribution in [0.25, 0.3) is 0 Å². The molecule has 84 valence electrons. The zero-order chi connectivity index (χ0) is 12.0. The molecule has 0 saturated heterocycles. The summed E-state index contributed by atoms with van der Waals surface area (Å²) in [6, 6.07) is 4.12. The molecule has 1 aromatic rings. The Balaban J connectivity index is 2.60. The fraction of sp³-hybridized carbons (Fsp3) is 0.364. The number of benzene rings is 1. The fourth-order valence-corrected chi connectivity index (χ4v) is 1.73. The van der Waals surface area contributed by atoms with Gasteiger partial charge in [0.2, 0.25) is 0 Å². The molecule has 1 nitrogen and oxygen atoms in total. The van der Waals surface area contributed by atoms with Crippen LogP contribution >= 0.6 is 0 Å². The molecule has 0 radical (unpaired) electrons. The third kappa shape index (κ3) is 1.64. The Morgan fingerprint density at radius 3 is 2.31 bits per heavy atom. The van der Waals surface area contributed by atoms with Crippen molar-refractivity contribution >= 4 is 0 Å². The van der Waals surface area contributed by atoms with Crippen LogP contribution in [-0.4, -0.2) is 0 Å². The lowest BCUT2D eigenvalue weighted by Gasteiger charge is -2.15. The summed E-state index contributed by atoms with van der Waals surface area (Å²) >= 11 is 0. The Labute approximate surface area is 89.3 Å². The summed E-state index contributed by atoms with van der Waals surface area (Å²) in [5.41, 5.74) is -2.28. The molecule has 0 heterocycles. The number of hydrogen-bond acceptors (Lipinski definition) is 1. The molecule has 0 amide bonds. The molecule has 0 aliphatic heterocycles. The van der Waals surface area contributed by atoms with Crippen LogP contribution in [0.2, 0.25) is 0 Å². The van der Waals surface area contributed by atoms with Crippen molar-refractivity contribution in [1.29, 1.82) is 5.26 Å². The Bertz CT molecular complexity index is 466. The third-order valence-corrected chi connectivity index (χ3v) is 2.77. The molecule has 1 aliphatic carbocycles. The Kier molecular flexibility index (Phi) is 2.19. The summed E-state index contributed by atoms with van der Waals surface area (Å²) in [7, 11) is 0. The van der Waals surface area contributed by atoms with Crippen LogP contribution in [0, 0.1) is 17.1 Å². The molecule has 0 N–H and O–H groups in total. The molecular formula is C11H7F4N. The molecule has 2 rings (SSSR count). The van der Waals surface area contributed by atoms with Crippen LogP contribution in [0.3, 0.4) is 0 Å². The number of alkyl halides is 3. The van der Waals surface area contributed by atoms with Gasteiger partial charge in [0.05, 0.1) is 17.0 Å². The van der Waals surface area contributed by atoms with E-state index < -0.39 is 23.0 Å². The van der Waals surface area contributed by atoms with E-state index in [0.717, 1.165) is 12.1 Å². The molecule has 0 unspecified atom stereocenters. The summed E-state index contributed by atoms with van der Waals surface area (Å²) < 4.78 is 50.9. The summed E-state index contributed by atoms with van der Waals surface area (Å²) in [5, 5.41) is 8.85. The zero-order valence-electron chi connectivity index (χ0n) is 8.11. The van der Waals surface area contributed by atoms with Crippen molar-refractivity contribution in [2.75, 3.05) is 0 Å². The van der Waals surface area contributed by atoms with Gasteiger partial charge in [-0.15, -0.1) is 0 Å². The van der Waals surface area contributed by atoms with Crippen molar-refractivity contribution < 1.29 is 17.6 Å². The highest BCUT2D eigenvalue weighted by Gasteiger charge is 2.50. The molecule has 0 bridgehead atoms. The molecular weight excluding hydrogens is 222 g/mol. The maximum Gasteiger partial charge on any atom is 0.416 e. The van der Waals surface area contributed by atoms with Gasteiger partial charge in [-0.05, 0) is 36.6 Å². The van der Waals surface area contributed by atoms with Gasteiger partial charge >= 0.3 is 6.18 Å². The highest BCUT2D eigenvalue weighted by atomic mass is 19.4. The Morgan fingerprint density at radius 1 is 1.25 bits per heavy atom. The third-order valence-electron chi connectivity index (χ3n) is 2.77. The minimum atomic E-state index is -4.55. The van der Waals surface area contributed by atoms with Crippen molar-refractivity contribution in [3.63, 3.8) is 0 Å². The molecule has 0 aromatic heterocycles. The molecule has 5 heteroatoms. The molecule has 1 fully saturated rings. The van der Waals surface area contributed by atoms with Gasteiger partial charge in [-0.3, -0.25) is 0 Å². The molecule has 0 spiro atoms. The lowest BCUT2D eigenvalue weighted by Crippen LogP contribution is -2.15. The van der Waals surface area contributed by atoms with Gasteiger partial charge in [-0.1, -0.05) is 0 Å². The van der Waals surface area contributed by atoms with Crippen LogP contribution < -0.4 is 0 Å². The lowest BCUT2D eigenvalue weighted by molar-refractivity contribution is -0.138. The second-order valence-corrected chi connectivity index (χ2v) is 3.88. The smallest absolute Gasteiger partial charge is 0.207 e. The van der Waals surface area contributed by atoms with Gasteiger partial charge in [-0.25, -0.2) is 4.39 Å². The first-order chi connectivity index (χ1) is 7.39. The lowest BCUT2D eigenvalue weighted by atomic mass is 9.92. The van der Waals surface area contributed by atoms with Crippen molar-refractivity contribution in [3.05, 3.63) is 35.1 Å². The predicted molar refractivity (Wildman–Crippen MR) is 47.9 cm³/mol. The average molecular weight is 229 g/mol. The summed E-state index contributed by atoms with van der Waals surface area (Å²) in [6.45, 7) is 0.